The minimum atomic E-state index is -0.376. The molecule has 0 spiro atoms. The van der Waals surface area contributed by atoms with Gasteiger partial charge in [0.1, 0.15) is 11.7 Å². The van der Waals surface area contributed by atoms with E-state index in [1.54, 1.807) is 0 Å². The van der Waals surface area contributed by atoms with Crippen LogP contribution in [0.4, 0.5) is 5.69 Å². The average Bonchev–Trinajstić information content (AvgIpc) is 3.19. The molecule has 1 atom stereocenters. The summed E-state index contributed by atoms with van der Waals surface area (Å²) in [5.74, 6) is 0.296. The predicted molar refractivity (Wildman–Crippen MR) is 105 cm³/mol. The molecule has 1 unspecified atom stereocenters. The van der Waals surface area contributed by atoms with Gasteiger partial charge in [0.25, 0.3) is 0 Å². The Hall–Kier alpha value is -2.74. The smallest absolute Gasteiger partial charge is 0.249 e. The zero-order valence-electron chi connectivity index (χ0n) is 15.9. The topological polar surface area (TPSA) is 101 Å². The molecule has 1 aromatic heterocycles. The third kappa shape index (κ3) is 4.56. The summed E-state index contributed by atoms with van der Waals surface area (Å²) in [6.45, 7) is 3.13. The average molecular weight is 382 g/mol. The number of imide groups is 1. The van der Waals surface area contributed by atoms with Crippen molar-refractivity contribution in [1.82, 2.24) is 25.6 Å². The van der Waals surface area contributed by atoms with Gasteiger partial charge in [0.05, 0.1) is 6.20 Å². The van der Waals surface area contributed by atoms with Gasteiger partial charge in [-0.1, -0.05) is 17.3 Å². The maximum Gasteiger partial charge on any atom is 0.249 e. The van der Waals surface area contributed by atoms with Crippen LogP contribution in [-0.2, 0) is 16.1 Å². The number of nitrogens with one attached hydrogen (secondary N) is 3. The van der Waals surface area contributed by atoms with Crippen LogP contribution in [0.5, 0.6) is 0 Å². The van der Waals surface area contributed by atoms with Crippen molar-refractivity contribution in [3.05, 3.63) is 30.5 Å². The number of anilines is 1. The van der Waals surface area contributed by atoms with Gasteiger partial charge < -0.3 is 10.6 Å². The summed E-state index contributed by atoms with van der Waals surface area (Å²) in [5.41, 5.74) is 2.68. The Morgan fingerprint density at radius 2 is 1.89 bits per heavy atom. The van der Waals surface area contributed by atoms with E-state index >= 15 is 0 Å². The number of piperidine rings is 2. The molecule has 2 aliphatic rings. The standard InChI is InChI=1S/C20H26N6O2/c27-19-6-5-17(20(28)23-19)22-16-3-1-15(2-4-16)18-13-26(25-24-18)12-9-14-7-10-21-11-8-14/h1-4,13-14,17,21-22H,5-12H2,(H,23,27,28). The van der Waals surface area contributed by atoms with E-state index in [4.69, 9.17) is 0 Å². The second-order valence-corrected chi connectivity index (χ2v) is 7.57. The van der Waals surface area contributed by atoms with Crippen molar-refractivity contribution in [3.8, 4) is 11.3 Å². The Kier molecular flexibility index (Phi) is 5.66. The van der Waals surface area contributed by atoms with Gasteiger partial charge in [-0.25, -0.2) is 0 Å². The van der Waals surface area contributed by atoms with Gasteiger partial charge in [-0.3, -0.25) is 19.6 Å². The number of benzene rings is 1. The van der Waals surface area contributed by atoms with E-state index in [1.165, 1.54) is 12.8 Å². The van der Waals surface area contributed by atoms with E-state index in [1.807, 2.05) is 35.1 Å². The zero-order chi connectivity index (χ0) is 19.3. The second-order valence-electron chi connectivity index (χ2n) is 7.57. The molecule has 0 saturated carbocycles. The van der Waals surface area contributed by atoms with Crippen LogP contribution in [0.25, 0.3) is 11.3 Å². The molecule has 28 heavy (non-hydrogen) atoms. The first kappa shape index (κ1) is 18.6. The van der Waals surface area contributed by atoms with Crippen LogP contribution in [-0.4, -0.2) is 45.9 Å². The van der Waals surface area contributed by atoms with E-state index in [0.29, 0.717) is 12.8 Å². The van der Waals surface area contributed by atoms with E-state index < -0.39 is 0 Å². The number of nitrogens with zero attached hydrogens (tertiary/aromatic N) is 3. The summed E-state index contributed by atoms with van der Waals surface area (Å²) in [5, 5.41) is 17.5. The lowest BCUT2D eigenvalue weighted by Crippen LogP contribution is -2.47. The highest BCUT2D eigenvalue weighted by atomic mass is 16.2. The molecule has 1 aromatic carbocycles. The fraction of sp³-hybridized carbons (Fsp3) is 0.500. The molecule has 2 fully saturated rings. The minimum Gasteiger partial charge on any atom is -0.374 e. The number of hydrogen-bond donors (Lipinski definition) is 3. The number of aromatic nitrogens is 3. The van der Waals surface area contributed by atoms with E-state index in [0.717, 1.165) is 48.9 Å². The third-order valence-electron chi connectivity index (χ3n) is 5.52. The van der Waals surface area contributed by atoms with Gasteiger partial charge in [-0.2, -0.15) is 0 Å². The predicted octanol–water partition coefficient (Wildman–Crippen LogP) is 1.55. The molecular weight excluding hydrogens is 356 g/mol. The van der Waals surface area contributed by atoms with E-state index in [-0.39, 0.29) is 17.9 Å². The maximum absolute atomic E-state index is 11.9. The molecule has 148 valence electrons. The van der Waals surface area contributed by atoms with Crippen LogP contribution in [0, 0.1) is 5.92 Å². The van der Waals surface area contributed by atoms with Gasteiger partial charge in [0.2, 0.25) is 11.8 Å². The molecule has 4 rings (SSSR count). The SMILES string of the molecule is O=C1CCC(Nc2ccc(-c3cn(CCC4CCNCC4)nn3)cc2)C(=O)N1. The van der Waals surface area contributed by atoms with Crippen LogP contribution >= 0.6 is 0 Å². The van der Waals surface area contributed by atoms with Gasteiger partial charge in [-0.05, 0) is 56.8 Å². The molecule has 0 aliphatic carbocycles. The first-order valence-corrected chi connectivity index (χ1v) is 9.99. The molecular formula is C20H26N6O2. The number of carbonyl (C=O) groups excluding carboxylic acids is 2. The lowest BCUT2D eigenvalue weighted by molar-refractivity contribution is -0.133. The van der Waals surface area contributed by atoms with Gasteiger partial charge in [0, 0.05) is 24.2 Å². The van der Waals surface area contributed by atoms with Crippen molar-refractivity contribution in [2.45, 2.75) is 44.7 Å². The Balaban J connectivity index is 1.33. The first-order valence-electron chi connectivity index (χ1n) is 9.99. The van der Waals surface area contributed by atoms with Crippen molar-refractivity contribution in [2.75, 3.05) is 18.4 Å². The minimum absolute atomic E-state index is 0.207. The van der Waals surface area contributed by atoms with Crippen LogP contribution in [0.3, 0.4) is 0 Å². The van der Waals surface area contributed by atoms with Gasteiger partial charge in [0.15, 0.2) is 0 Å². The van der Waals surface area contributed by atoms with Gasteiger partial charge in [-0.15, -0.1) is 5.10 Å². The van der Waals surface area contributed by atoms with Crippen LogP contribution < -0.4 is 16.0 Å². The fourth-order valence-electron chi connectivity index (χ4n) is 3.79. The molecule has 0 bridgehead atoms. The molecule has 8 nitrogen and oxygen atoms in total. The fourth-order valence-corrected chi connectivity index (χ4v) is 3.79. The normalized spacial score (nSPS) is 20.8. The molecule has 0 radical (unpaired) electrons. The molecule has 3 N–H and O–H groups in total. The molecule has 2 saturated heterocycles. The molecule has 2 aromatic rings. The van der Waals surface area contributed by atoms with Crippen molar-refractivity contribution >= 4 is 17.5 Å². The molecule has 2 amide bonds. The summed E-state index contributed by atoms with van der Waals surface area (Å²) < 4.78 is 1.92. The lowest BCUT2D eigenvalue weighted by atomic mass is 9.95. The van der Waals surface area contributed by atoms with E-state index in [2.05, 4.69) is 26.3 Å². The van der Waals surface area contributed by atoms with Crippen LogP contribution in [0.2, 0.25) is 0 Å². The zero-order valence-corrected chi connectivity index (χ0v) is 15.9. The number of rotatable bonds is 6. The quantitative estimate of drug-likeness (QED) is 0.656. The third-order valence-corrected chi connectivity index (χ3v) is 5.52. The lowest BCUT2D eigenvalue weighted by Gasteiger charge is -2.22. The molecule has 2 aliphatic heterocycles. The van der Waals surface area contributed by atoms with Crippen molar-refractivity contribution in [1.29, 1.82) is 0 Å². The Morgan fingerprint density at radius 3 is 2.64 bits per heavy atom. The number of amides is 2. The Labute approximate surface area is 164 Å². The van der Waals surface area contributed by atoms with Crippen LogP contribution in [0.1, 0.15) is 32.1 Å². The van der Waals surface area contributed by atoms with Crippen molar-refractivity contribution in [2.24, 2.45) is 5.92 Å². The highest BCUT2D eigenvalue weighted by Gasteiger charge is 2.26. The Morgan fingerprint density at radius 1 is 1.11 bits per heavy atom. The highest BCUT2D eigenvalue weighted by Crippen LogP contribution is 2.21. The van der Waals surface area contributed by atoms with Crippen molar-refractivity contribution < 1.29 is 9.59 Å². The molecule has 3 heterocycles. The summed E-state index contributed by atoms with van der Waals surface area (Å²) in [4.78, 5) is 23.1. The second kappa shape index (κ2) is 8.52. The Bertz CT molecular complexity index is 825. The van der Waals surface area contributed by atoms with Crippen molar-refractivity contribution in [3.63, 3.8) is 0 Å². The van der Waals surface area contributed by atoms with E-state index in [9.17, 15) is 9.59 Å². The van der Waals surface area contributed by atoms with Crippen LogP contribution in [0.15, 0.2) is 30.5 Å². The summed E-state index contributed by atoms with van der Waals surface area (Å²) in [7, 11) is 0. The first-order chi connectivity index (χ1) is 13.7. The summed E-state index contributed by atoms with van der Waals surface area (Å²) in [6.07, 6.45) is 6.48. The van der Waals surface area contributed by atoms with Gasteiger partial charge >= 0.3 is 0 Å². The number of hydrogen-bond acceptors (Lipinski definition) is 6. The highest BCUT2D eigenvalue weighted by molar-refractivity contribution is 6.01. The summed E-state index contributed by atoms with van der Waals surface area (Å²) >= 11 is 0. The monoisotopic (exact) mass is 382 g/mol. The largest absolute Gasteiger partial charge is 0.374 e. The summed E-state index contributed by atoms with van der Waals surface area (Å²) in [6, 6.07) is 7.41. The molecule has 8 heteroatoms. The number of aryl methyl sites for hydroxylation is 1. The maximum atomic E-state index is 11.9. The number of carbonyl (C=O) groups is 2.